The third-order valence-corrected chi connectivity index (χ3v) is 3.19. The van der Waals surface area contributed by atoms with E-state index in [1.165, 1.54) is 12.8 Å². The molecule has 0 unspecified atom stereocenters. The molecule has 0 heterocycles. The summed E-state index contributed by atoms with van der Waals surface area (Å²) in [5.41, 5.74) is -0.537. The molecule has 0 aliphatic heterocycles. The Bertz CT molecular complexity index is 242. The highest BCUT2D eigenvalue weighted by molar-refractivity contribution is 5.77. The second-order valence-electron chi connectivity index (χ2n) is 6.59. The van der Waals surface area contributed by atoms with Crippen molar-refractivity contribution in [1.29, 1.82) is 0 Å². The quantitative estimate of drug-likeness (QED) is 0.681. The van der Waals surface area contributed by atoms with Crippen LogP contribution in [0, 0.1) is 11.3 Å². The molecule has 16 heavy (non-hydrogen) atoms. The van der Waals surface area contributed by atoms with Gasteiger partial charge in [-0.3, -0.25) is 4.79 Å². The Morgan fingerprint density at radius 2 is 1.75 bits per heavy atom. The standard InChI is InChI=1S/C14H26O2/c1-11(2)10-14(8-6-7-9-14)12(15)16-13(3,4)5/h11H,6-10H2,1-5H3. The molecule has 0 aromatic heterocycles. The molecular formula is C14H26O2. The van der Waals surface area contributed by atoms with Crippen molar-refractivity contribution in [1.82, 2.24) is 0 Å². The maximum Gasteiger partial charge on any atom is 0.312 e. The van der Waals surface area contributed by atoms with Gasteiger partial charge in [0.05, 0.1) is 5.41 Å². The summed E-state index contributed by atoms with van der Waals surface area (Å²) in [5, 5.41) is 0. The van der Waals surface area contributed by atoms with Crippen LogP contribution in [-0.2, 0) is 9.53 Å². The summed E-state index contributed by atoms with van der Waals surface area (Å²) in [4.78, 5) is 12.3. The summed E-state index contributed by atoms with van der Waals surface area (Å²) in [6, 6.07) is 0. The monoisotopic (exact) mass is 226 g/mol. The van der Waals surface area contributed by atoms with Crippen LogP contribution in [0.2, 0.25) is 0 Å². The predicted octanol–water partition coefficient (Wildman–Crippen LogP) is 3.93. The van der Waals surface area contributed by atoms with Crippen molar-refractivity contribution in [2.24, 2.45) is 11.3 Å². The van der Waals surface area contributed by atoms with Gasteiger partial charge in [-0.25, -0.2) is 0 Å². The van der Waals surface area contributed by atoms with Gasteiger partial charge >= 0.3 is 5.97 Å². The van der Waals surface area contributed by atoms with Crippen molar-refractivity contribution >= 4 is 5.97 Å². The lowest BCUT2D eigenvalue weighted by atomic mass is 9.78. The minimum absolute atomic E-state index is 0.0335. The van der Waals surface area contributed by atoms with Crippen molar-refractivity contribution in [3.63, 3.8) is 0 Å². The zero-order valence-electron chi connectivity index (χ0n) is 11.4. The third-order valence-electron chi connectivity index (χ3n) is 3.19. The van der Waals surface area contributed by atoms with Crippen molar-refractivity contribution in [3.8, 4) is 0 Å². The Morgan fingerprint density at radius 1 is 1.25 bits per heavy atom. The predicted molar refractivity (Wildman–Crippen MR) is 66.2 cm³/mol. The highest BCUT2D eigenvalue weighted by atomic mass is 16.6. The van der Waals surface area contributed by atoms with E-state index in [9.17, 15) is 4.79 Å². The van der Waals surface area contributed by atoms with E-state index in [1.54, 1.807) is 0 Å². The fraction of sp³-hybridized carbons (Fsp3) is 0.929. The summed E-state index contributed by atoms with van der Waals surface area (Å²) in [5.74, 6) is 0.594. The summed E-state index contributed by atoms with van der Waals surface area (Å²) in [6.07, 6.45) is 5.35. The van der Waals surface area contributed by atoms with Crippen molar-refractivity contribution in [2.45, 2.75) is 72.3 Å². The van der Waals surface area contributed by atoms with Gasteiger partial charge in [0.1, 0.15) is 5.60 Å². The Morgan fingerprint density at radius 3 is 2.12 bits per heavy atom. The van der Waals surface area contributed by atoms with Crippen LogP contribution in [0.1, 0.15) is 66.7 Å². The van der Waals surface area contributed by atoms with Crippen LogP contribution >= 0.6 is 0 Å². The van der Waals surface area contributed by atoms with Gasteiger partial charge in [0.2, 0.25) is 0 Å². The first kappa shape index (κ1) is 13.5. The maximum atomic E-state index is 12.3. The maximum absolute atomic E-state index is 12.3. The minimum Gasteiger partial charge on any atom is -0.460 e. The van der Waals surface area contributed by atoms with Crippen LogP contribution in [0.15, 0.2) is 0 Å². The van der Waals surface area contributed by atoms with Crippen molar-refractivity contribution in [2.75, 3.05) is 0 Å². The lowest BCUT2D eigenvalue weighted by Crippen LogP contribution is -2.37. The molecule has 1 aliphatic rings. The number of hydrogen-bond acceptors (Lipinski definition) is 2. The topological polar surface area (TPSA) is 26.3 Å². The van der Waals surface area contributed by atoms with Gasteiger partial charge in [-0.15, -0.1) is 0 Å². The molecule has 0 spiro atoms. The van der Waals surface area contributed by atoms with Gasteiger partial charge < -0.3 is 4.74 Å². The molecule has 1 fully saturated rings. The molecule has 0 aromatic rings. The molecule has 1 rings (SSSR count). The van der Waals surface area contributed by atoms with Gasteiger partial charge in [0, 0.05) is 0 Å². The molecule has 0 saturated heterocycles. The van der Waals surface area contributed by atoms with Gasteiger partial charge in [0.15, 0.2) is 0 Å². The molecule has 0 aromatic carbocycles. The van der Waals surface area contributed by atoms with Gasteiger partial charge in [0.25, 0.3) is 0 Å². The largest absolute Gasteiger partial charge is 0.460 e. The molecule has 2 heteroatoms. The second-order valence-corrected chi connectivity index (χ2v) is 6.59. The van der Waals surface area contributed by atoms with E-state index in [2.05, 4.69) is 13.8 Å². The van der Waals surface area contributed by atoms with Crippen LogP contribution in [0.3, 0.4) is 0 Å². The molecule has 2 nitrogen and oxygen atoms in total. The first-order chi connectivity index (χ1) is 7.25. The van der Waals surface area contributed by atoms with Gasteiger partial charge in [-0.1, -0.05) is 26.7 Å². The molecule has 1 saturated carbocycles. The van der Waals surface area contributed by atoms with Crippen molar-refractivity contribution in [3.05, 3.63) is 0 Å². The average molecular weight is 226 g/mol. The summed E-state index contributed by atoms with van der Waals surface area (Å²) in [6.45, 7) is 10.2. The number of esters is 1. The summed E-state index contributed by atoms with van der Waals surface area (Å²) in [7, 11) is 0. The number of hydrogen-bond donors (Lipinski definition) is 0. The van der Waals surface area contributed by atoms with Crippen LogP contribution in [0.4, 0.5) is 0 Å². The molecule has 0 N–H and O–H groups in total. The lowest BCUT2D eigenvalue weighted by molar-refractivity contribution is -0.168. The average Bonchev–Trinajstić information content (AvgIpc) is 2.49. The van der Waals surface area contributed by atoms with E-state index in [4.69, 9.17) is 4.74 Å². The van der Waals surface area contributed by atoms with Crippen LogP contribution < -0.4 is 0 Å². The smallest absolute Gasteiger partial charge is 0.312 e. The van der Waals surface area contributed by atoms with Crippen molar-refractivity contribution < 1.29 is 9.53 Å². The molecule has 0 amide bonds. The molecule has 94 valence electrons. The summed E-state index contributed by atoms with van der Waals surface area (Å²) < 4.78 is 5.59. The second kappa shape index (κ2) is 4.77. The molecular weight excluding hydrogens is 200 g/mol. The Balaban J connectivity index is 2.73. The molecule has 0 atom stereocenters. The number of carbonyl (C=O) groups excluding carboxylic acids is 1. The Kier molecular flexibility index (Phi) is 4.03. The van der Waals surface area contributed by atoms with E-state index in [-0.39, 0.29) is 17.0 Å². The SMILES string of the molecule is CC(C)CC1(C(=O)OC(C)(C)C)CCCC1. The third kappa shape index (κ3) is 3.50. The van der Waals surface area contributed by atoms with Crippen LogP contribution in [0.25, 0.3) is 0 Å². The minimum atomic E-state index is -0.357. The Hall–Kier alpha value is -0.530. The molecule has 0 radical (unpaired) electrons. The highest BCUT2D eigenvalue weighted by Crippen LogP contribution is 2.44. The van der Waals surface area contributed by atoms with E-state index in [0.717, 1.165) is 19.3 Å². The number of carbonyl (C=O) groups is 1. The number of ether oxygens (including phenoxy) is 1. The highest BCUT2D eigenvalue weighted by Gasteiger charge is 2.43. The summed E-state index contributed by atoms with van der Waals surface area (Å²) >= 11 is 0. The normalized spacial score (nSPS) is 20.1. The Labute approximate surface area is 99.8 Å². The van der Waals surface area contributed by atoms with E-state index in [0.29, 0.717) is 5.92 Å². The molecule has 1 aliphatic carbocycles. The van der Waals surface area contributed by atoms with E-state index in [1.807, 2.05) is 20.8 Å². The van der Waals surface area contributed by atoms with E-state index >= 15 is 0 Å². The first-order valence-corrected chi connectivity index (χ1v) is 6.49. The van der Waals surface area contributed by atoms with Crippen LogP contribution in [-0.4, -0.2) is 11.6 Å². The van der Waals surface area contributed by atoms with Crippen LogP contribution in [0.5, 0.6) is 0 Å². The number of rotatable bonds is 3. The fourth-order valence-electron chi connectivity index (χ4n) is 2.71. The molecule has 0 bridgehead atoms. The zero-order valence-corrected chi connectivity index (χ0v) is 11.4. The fourth-order valence-corrected chi connectivity index (χ4v) is 2.71. The van der Waals surface area contributed by atoms with E-state index < -0.39 is 0 Å². The van der Waals surface area contributed by atoms with Gasteiger partial charge in [-0.2, -0.15) is 0 Å². The van der Waals surface area contributed by atoms with Gasteiger partial charge in [-0.05, 0) is 46.0 Å². The lowest BCUT2D eigenvalue weighted by Gasteiger charge is -2.32. The zero-order chi connectivity index (χ0) is 12.4. The first-order valence-electron chi connectivity index (χ1n) is 6.49.